The van der Waals surface area contributed by atoms with E-state index in [1.54, 1.807) is 0 Å². The van der Waals surface area contributed by atoms with Crippen molar-refractivity contribution in [1.82, 2.24) is 31.5 Å². The normalized spacial score (nSPS) is 27.6. The van der Waals surface area contributed by atoms with Gasteiger partial charge in [-0.2, -0.15) is 23.5 Å². The first-order valence-corrected chi connectivity index (χ1v) is 19.9. The van der Waals surface area contributed by atoms with Crippen LogP contribution in [0.5, 0.6) is 0 Å². The number of fused-ring (bicyclic) bond motifs is 2. The van der Waals surface area contributed by atoms with E-state index in [1.165, 1.54) is 0 Å². The molecule has 5 heterocycles. The number of carboxylic acids is 2. The van der Waals surface area contributed by atoms with Gasteiger partial charge in [0.25, 0.3) is 0 Å². The van der Waals surface area contributed by atoms with Gasteiger partial charge in [0.2, 0.25) is 17.7 Å². The van der Waals surface area contributed by atoms with E-state index in [4.69, 9.17) is 10.4 Å². The van der Waals surface area contributed by atoms with Gasteiger partial charge in [0.05, 0.1) is 42.6 Å². The van der Waals surface area contributed by atoms with Crippen molar-refractivity contribution in [3.05, 3.63) is 0 Å². The molecule has 5 aliphatic heterocycles. The van der Waals surface area contributed by atoms with Gasteiger partial charge in [-0.1, -0.05) is 17.9 Å². The number of carbonyl (C=O) groups excluding carboxylic acids is 6. The maximum absolute atomic E-state index is 12.3. The fourth-order valence-corrected chi connectivity index (χ4v) is 10.4. The molecule has 0 spiro atoms. The number of hydrogen-bond acceptors (Lipinski definition) is 14. The summed E-state index contributed by atoms with van der Waals surface area (Å²) in [6.07, 6.45) is 6.35. The summed E-state index contributed by atoms with van der Waals surface area (Å²) in [5.41, 5.74) is 0. The van der Waals surface area contributed by atoms with Crippen molar-refractivity contribution in [3.8, 4) is 0 Å². The minimum atomic E-state index is -1.54. The van der Waals surface area contributed by atoms with Gasteiger partial charge in [0.15, 0.2) is 0 Å². The van der Waals surface area contributed by atoms with Crippen LogP contribution in [0.3, 0.4) is 0 Å². The number of carbonyl (C=O) groups is 7. The molecular formula is C30H45N6NaO12S3. The molecule has 0 aromatic heterocycles. The summed E-state index contributed by atoms with van der Waals surface area (Å²) in [7, 11) is 0. The topological polar surface area (TPSA) is 265 Å². The Kier molecular flexibility index (Phi) is 19.1. The summed E-state index contributed by atoms with van der Waals surface area (Å²) in [6.45, 7) is 0.348. The molecule has 286 valence electrons. The molecule has 8 atom stereocenters. The molecule has 0 bridgehead atoms. The third-order valence-corrected chi connectivity index (χ3v) is 13.0. The number of nitrogens with zero attached hydrogens (tertiary/aromatic N) is 1. The van der Waals surface area contributed by atoms with Crippen molar-refractivity contribution in [2.75, 3.05) is 18.1 Å². The van der Waals surface area contributed by atoms with Crippen LogP contribution >= 0.6 is 35.6 Å². The predicted octanol–water partition coefficient (Wildman–Crippen LogP) is -2.89. The number of hydrogen-bond donors (Lipinski definition) is 7. The molecule has 18 nitrogen and oxygen atoms in total. The van der Waals surface area contributed by atoms with E-state index >= 15 is 0 Å². The number of aliphatic carboxylic acids is 2. The Hall–Kier alpha value is -1.98. The van der Waals surface area contributed by atoms with E-state index in [0.29, 0.717) is 53.2 Å². The number of urea groups is 2. The zero-order valence-electron chi connectivity index (χ0n) is 28.9. The van der Waals surface area contributed by atoms with Gasteiger partial charge in [-0.3, -0.25) is 24.1 Å². The summed E-state index contributed by atoms with van der Waals surface area (Å²) in [6, 6.07) is -0.742. The fourth-order valence-electron chi connectivity index (χ4n) is 6.76. The molecule has 5 aliphatic rings. The summed E-state index contributed by atoms with van der Waals surface area (Å²) < 4.78 is 4.19. The molecule has 0 aliphatic carbocycles. The Morgan fingerprint density at radius 1 is 0.885 bits per heavy atom. The van der Waals surface area contributed by atoms with E-state index in [1.807, 2.05) is 23.5 Å². The molecule has 0 radical (unpaired) electrons. The van der Waals surface area contributed by atoms with Crippen molar-refractivity contribution in [2.45, 2.75) is 123 Å². The molecule has 7 N–H and O–H groups in total. The van der Waals surface area contributed by atoms with Crippen LogP contribution in [0.4, 0.5) is 9.59 Å². The van der Waals surface area contributed by atoms with E-state index in [2.05, 4.69) is 36.0 Å². The summed E-state index contributed by atoms with van der Waals surface area (Å²) in [5.74, 6) is -1.92. The Morgan fingerprint density at radius 2 is 1.46 bits per heavy atom. The number of thioether (sulfide) groups is 2. The molecule has 3 unspecified atom stereocenters. The molecule has 0 saturated carbocycles. The van der Waals surface area contributed by atoms with Gasteiger partial charge in [-0.25, -0.2) is 14.8 Å². The third kappa shape index (κ3) is 13.1. The van der Waals surface area contributed by atoms with Crippen LogP contribution < -0.4 is 61.2 Å². The smallest absolute Gasteiger partial charge is 0.548 e. The molecule has 5 rings (SSSR count). The van der Waals surface area contributed by atoms with Crippen LogP contribution in [-0.2, 0) is 33.3 Å². The molecule has 0 aromatic rings. The maximum Gasteiger partial charge on any atom is 1.00 e. The fraction of sp³-hybridized carbons (Fsp3) is 0.767. The maximum atomic E-state index is 12.3. The number of imide groups is 1. The quantitative estimate of drug-likeness (QED) is 0.0124. The minimum absolute atomic E-state index is 0. The average Bonchev–Trinajstić information content (AvgIpc) is 3.88. The second-order valence-electron chi connectivity index (χ2n) is 12.8. The van der Waals surface area contributed by atoms with Crippen LogP contribution in [0.15, 0.2) is 0 Å². The van der Waals surface area contributed by atoms with Crippen LogP contribution in [0.2, 0.25) is 0 Å². The van der Waals surface area contributed by atoms with Crippen molar-refractivity contribution >= 4 is 77.3 Å². The van der Waals surface area contributed by atoms with Crippen molar-refractivity contribution in [1.29, 1.82) is 0 Å². The summed E-state index contributed by atoms with van der Waals surface area (Å²) in [5, 5.41) is 45.9. The first-order chi connectivity index (χ1) is 24.5. The molecule has 0 aromatic carbocycles. The van der Waals surface area contributed by atoms with E-state index in [9.17, 15) is 38.7 Å². The standard InChI is InChI=1S/C20H30N4O9S2.C10H16N2O3S.Na/c25-15(7-2-1-6-13-17-11(10-34-13)22-20(30)23-17)21-8-4-3-5-12(19(28)29)24-16(26)9-14(18(24)27)35-33-32-31;13-8(14)4-2-1-3-7-9-6(5-16-7)11-10(15)12-9;/h11-14,17,31H,1-10H2,(H,21,25)(H,28,29)(H2,22,23,30);6-7,9H,1-5H2,(H,13,14)(H2,11,12,15);/q;;+1/p-1/t11-,12?,13?,14?,17-;6-,7-,9-;/m00./s1. The van der Waals surface area contributed by atoms with Crippen molar-refractivity contribution < 1.29 is 88.0 Å². The van der Waals surface area contributed by atoms with Gasteiger partial charge >= 0.3 is 47.6 Å². The summed E-state index contributed by atoms with van der Waals surface area (Å²) >= 11 is 4.13. The van der Waals surface area contributed by atoms with E-state index < -0.39 is 35.0 Å². The van der Waals surface area contributed by atoms with Crippen LogP contribution in [-0.4, -0.2) is 121 Å². The zero-order valence-corrected chi connectivity index (χ0v) is 33.3. The van der Waals surface area contributed by atoms with Crippen molar-refractivity contribution in [2.24, 2.45) is 0 Å². The first-order valence-electron chi connectivity index (χ1n) is 17.0. The number of rotatable bonds is 20. The number of amides is 7. The van der Waals surface area contributed by atoms with Gasteiger partial charge in [0.1, 0.15) is 5.25 Å². The number of unbranched alkanes of at least 4 members (excludes halogenated alkanes) is 3. The molecule has 52 heavy (non-hydrogen) atoms. The third-order valence-electron chi connectivity index (χ3n) is 9.29. The SMILES string of the molecule is O=C(CCCCC1SC[C@@H]2NC(=O)N[C@H]12)NCCCCC(C(=O)[O-])N1C(=O)CC(SOOO)C1=O.O=C(O)CCCC[C@@H]1SC[C@@H]2NC(=O)N[C@@H]21.[Na+]. The van der Waals surface area contributed by atoms with Gasteiger partial charge < -0.3 is 41.6 Å². The Labute approximate surface area is 335 Å². The monoisotopic (exact) mass is 800 g/mol. The second kappa shape index (κ2) is 22.4. The van der Waals surface area contributed by atoms with E-state index in [0.717, 1.165) is 50.0 Å². The second-order valence-corrected chi connectivity index (χ2v) is 16.3. The van der Waals surface area contributed by atoms with Gasteiger partial charge in [-0.15, -0.1) is 4.33 Å². The van der Waals surface area contributed by atoms with Crippen LogP contribution in [0, 0.1) is 0 Å². The molecular weight excluding hydrogens is 756 g/mol. The molecule has 7 amide bonds. The average molecular weight is 801 g/mol. The van der Waals surface area contributed by atoms with Gasteiger partial charge in [0, 0.05) is 53.4 Å². The number of carboxylic acid groups (broad SMARTS) is 2. The molecule has 22 heteroatoms. The zero-order chi connectivity index (χ0) is 36.9. The first kappa shape index (κ1) is 44.4. The number of nitrogens with one attached hydrogen (secondary N) is 5. The largest absolute Gasteiger partial charge is 1.00 e. The Bertz CT molecular complexity index is 1290. The molecule has 5 saturated heterocycles. The Balaban J connectivity index is 0.000000358. The summed E-state index contributed by atoms with van der Waals surface area (Å²) in [4.78, 5) is 81.6. The van der Waals surface area contributed by atoms with Crippen LogP contribution in [0.25, 0.3) is 0 Å². The molecule has 5 fully saturated rings. The number of likely N-dealkylation sites (tertiary alicyclic amines) is 1. The Morgan fingerprint density at radius 3 is 2.00 bits per heavy atom. The van der Waals surface area contributed by atoms with Crippen molar-refractivity contribution in [3.63, 3.8) is 0 Å². The van der Waals surface area contributed by atoms with Gasteiger partial charge in [-0.05, 0) is 44.9 Å². The predicted molar refractivity (Wildman–Crippen MR) is 184 cm³/mol. The van der Waals surface area contributed by atoms with Crippen LogP contribution in [0.1, 0.15) is 77.0 Å². The van der Waals surface area contributed by atoms with E-state index in [-0.39, 0.29) is 91.0 Å². The minimum Gasteiger partial charge on any atom is -0.548 e.